The second kappa shape index (κ2) is 8.58. The van der Waals surface area contributed by atoms with E-state index in [0.29, 0.717) is 7.25 Å². The molecule has 0 spiro atoms. The first-order chi connectivity index (χ1) is 16.6. The van der Waals surface area contributed by atoms with Crippen molar-refractivity contribution in [2.24, 2.45) is 0 Å². The molecular weight excluding hydrogens is 551 g/mol. The fraction of sp³-hybridized carbons (Fsp3) is 0.467. The molecule has 0 radical (unpaired) electrons. The van der Waals surface area contributed by atoms with Crippen LogP contribution in [0.1, 0.15) is 93.7 Å². The van der Waals surface area contributed by atoms with E-state index in [1.807, 2.05) is 0 Å². The van der Waals surface area contributed by atoms with Crippen molar-refractivity contribution in [3.05, 3.63) is 81.2 Å². The number of hydrogen-bond acceptors (Lipinski definition) is 0. The molecule has 7 rings (SSSR count). The predicted molar refractivity (Wildman–Crippen MR) is 145 cm³/mol. The Morgan fingerprint density at radius 2 is 1.00 bits per heavy atom. The first-order valence-electron chi connectivity index (χ1n) is 13.6. The molecule has 2 atom stereocenters. The Bertz CT molecular complexity index is 1090. The molecular formula is C30H34Cl2SiZr. The van der Waals surface area contributed by atoms with Crippen LogP contribution in [0, 0.1) is 0 Å². The number of benzene rings is 2. The molecule has 0 aromatic heterocycles. The molecule has 0 amide bonds. The van der Waals surface area contributed by atoms with Gasteiger partial charge in [-0.15, -0.1) is 0 Å². The average Bonchev–Trinajstić information content (AvgIpc) is 3.46. The van der Waals surface area contributed by atoms with Gasteiger partial charge in [0.1, 0.15) is 0 Å². The van der Waals surface area contributed by atoms with Crippen LogP contribution in [-0.2, 0) is 17.9 Å². The third-order valence-corrected chi connectivity index (χ3v) is 30.0. The normalized spacial score (nSPS) is 29.5. The van der Waals surface area contributed by atoms with E-state index in [9.17, 15) is 0 Å². The Hall–Kier alpha value is -0.400. The molecule has 0 bridgehead atoms. The summed E-state index contributed by atoms with van der Waals surface area (Å²) < 4.78 is 0.690. The van der Waals surface area contributed by atoms with E-state index >= 15 is 0 Å². The van der Waals surface area contributed by atoms with Crippen molar-refractivity contribution < 1.29 is 17.9 Å². The van der Waals surface area contributed by atoms with E-state index in [2.05, 4.69) is 60.7 Å². The molecule has 3 fully saturated rings. The van der Waals surface area contributed by atoms with Gasteiger partial charge in [0, 0.05) is 0 Å². The molecule has 0 nitrogen and oxygen atoms in total. The van der Waals surface area contributed by atoms with E-state index < -0.39 is 26.0 Å². The van der Waals surface area contributed by atoms with Gasteiger partial charge in [-0.1, -0.05) is 0 Å². The summed E-state index contributed by atoms with van der Waals surface area (Å²) in [5.41, 5.74) is 7.55. The summed E-state index contributed by atoms with van der Waals surface area (Å²) in [6, 6.07) is 18.3. The zero-order valence-electron chi connectivity index (χ0n) is 19.9. The number of hydrogen-bond donors (Lipinski definition) is 0. The van der Waals surface area contributed by atoms with Gasteiger partial charge in [0.05, 0.1) is 0 Å². The zero-order chi connectivity index (χ0) is 22.9. The van der Waals surface area contributed by atoms with Gasteiger partial charge < -0.3 is 0 Å². The van der Waals surface area contributed by atoms with E-state index in [1.165, 1.54) is 86.5 Å². The van der Waals surface area contributed by atoms with Gasteiger partial charge in [-0.3, -0.25) is 0 Å². The number of allylic oxidation sites excluding steroid dienone is 2. The van der Waals surface area contributed by atoms with Crippen molar-refractivity contribution in [3.8, 4) is 0 Å². The molecule has 1 aliphatic heterocycles. The molecule has 1 heterocycles. The summed E-state index contributed by atoms with van der Waals surface area (Å²) >= 11 is -3.69. The van der Waals surface area contributed by atoms with Crippen LogP contribution in [0.25, 0.3) is 12.2 Å². The Morgan fingerprint density at radius 3 is 1.44 bits per heavy atom. The Kier molecular flexibility index (Phi) is 5.75. The van der Waals surface area contributed by atoms with E-state index in [4.69, 9.17) is 17.0 Å². The topological polar surface area (TPSA) is 0 Å². The van der Waals surface area contributed by atoms with Crippen LogP contribution in [0.5, 0.6) is 0 Å². The molecule has 2 saturated carbocycles. The number of rotatable bonds is 2. The Morgan fingerprint density at radius 1 is 0.588 bits per heavy atom. The molecule has 0 N–H and O–H groups in total. The molecule has 2 aromatic rings. The molecule has 5 aliphatic rings. The van der Waals surface area contributed by atoms with Crippen LogP contribution >= 0.6 is 17.0 Å². The summed E-state index contributed by atoms with van der Waals surface area (Å²) in [5, 5.41) is 3.59. The fourth-order valence-electron chi connectivity index (χ4n) is 8.92. The van der Waals surface area contributed by atoms with Crippen molar-refractivity contribution in [1.29, 1.82) is 0 Å². The predicted octanol–water partition coefficient (Wildman–Crippen LogP) is 9.93. The zero-order valence-corrected chi connectivity index (χ0v) is 24.9. The van der Waals surface area contributed by atoms with Gasteiger partial charge in [0.2, 0.25) is 0 Å². The first kappa shape index (κ1) is 22.8. The van der Waals surface area contributed by atoms with Crippen molar-refractivity contribution in [1.82, 2.24) is 0 Å². The fourth-order valence-corrected chi connectivity index (χ4v) is 37.0. The van der Waals surface area contributed by atoms with Gasteiger partial charge in [-0.05, 0) is 0 Å². The monoisotopic (exact) mass is 582 g/mol. The van der Waals surface area contributed by atoms with Crippen LogP contribution in [-0.4, -0.2) is 8.07 Å². The number of halogens is 2. The molecule has 4 aliphatic carbocycles. The SMILES string of the molecule is [Cl][Zr]1([Cl])[CH]2C(=Cc3ccccc32)[Si](C2CCCCC2)(C2CCCCC2)C2=Cc3ccccc3[CH]21. The van der Waals surface area contributed by atoms with E-state index in [1.54, 1.807) is 10.4 Å². The standard InChI is InChI=1S/C30H34Si.2ClH.Zr/c1-3-15-27(16-4-1)31(28-17-5-2-6-18-28,29-19-23-11-7-8-12-24(23)20-29)30-21-25-13-9-10-14-26(25)22-30;;;/h7-14,19-22,27-28H,1-6,15-18H2;2*1H;/q;;;+2/p-2. The quantitative estimate of drug-likeness (QED) is 0.308. The average molecular weight is 585 g/mol. The Labute approximate surface area is 217 Å². The van der Waals surface area contributed by atoms with Gasteiger partial charge in [-0.25, -0.2) is 0 Å². The maximum absolute atomic E-state index is 7.85. The van der Waals surface area contributed by atoms with Crippen molar-refractivity contribution >= 4 is 37.3 Å². The van der Waals surface area contributed by atoms with Crippen molar-refractivity contribution in [2.45, 2.75) is 82.5 Å². The molecule has 176 valence electrons. The summed E-state index contributed by atoms with van der Waals surface area (Å²) in [4.78, 5) is 0. The molecule has 34 heavy (non-hydrogen) atoms. The third kappa shape index (κ3) is 3.11. The van der Waals surface area contributed by atoms with E-state index in [0.717, 1.165) is 11.1 Å². The van der Waals surface area contributed by atoms with E-state index in [-0.39, 0.29) is 0 Å². The van der Waals surface area contributed by atoms with Crippen LogP contribution in [0.4, 0.5) is 0 Å². The summed E-state index contributed by atoms with van der Waals surface area (Å²) in [5.74, 6) is 0. The Balaban J connectivity index is 1.54. The second-order valence-electron chi connectivity index (χ2n) is 11.5. The van der Waals surface area contributed by atoms with Crippen LogP contribution in [0.3, 0.4) is 0 Å². The van der Waals surface area contributed by atoms with Gasteiger partial charge in [0.15, 0.2) is 0 Å². The summed E-state index contributed by atoms with van der Waals surface area (Å²) in [6.07, 6.45) is 19.5. The van der Waals surface area contributed by atoms with Gasteiger partial charge >= 0.3 is 219 Å². The van der Waals surface area contributed by atoms with Crippen LogP contribution < -0.4 is 0 Å². The summed E-state index contributed by atoms with van der Waals surface area (Å²) in [7, 11) is 13.7. The van der Waals surface area contributed by atoms with Crippen molar-refractivity contribution in [3.63, 3.8) is 0 Å². The van der Waals surface area contributed by atoms with Gasteiger partial charge in [0.25, 0.3) is 0 Å². The van der Waals surface area contributed by atoms with Crippen molar-refractivity contribution in [2.75, 3.05) is 0 Å². The molecule has 4 heteroatoms. The summed E-state index contributed by atoms with van der Waals surface area (Å²) in [6.45, 7) is 0. The molecule has 2 aromatic carbocycles. The van der Waals surface area contributed by atoms with Crippen LogP contribution in [0.2, 0.25) is 11.1 Å². The van der Waals surface area contributed by atoms with Crippen LogP contribution in [0.15, 0.2) is 58.9 Å². The third-order valence-electron chi connectivity index (χ3n) is 10.1. The maximum atomic E-state index is 7.85. The number of fused-ring (bicyclic) bond motifs is 6. The minimum atomic E-state index is -3.69. The van der Waals surface area contributed by atoms with Gasteiger partial charge in [-0.2, -0.15) is 0 Å². The minimum absolute atomic E-state index is 0.345. The first-order valence-corrected chi connectivity index (χ1v) is 25.0. The second-order valence-corrected chi connectivity index (χ2v) is 30.8. The molecule has 1 saturated heterocycles. The molecule has 2 unspecified atom stereocenters.